The Kier molecular flexibility index (Phi) is 39.1. The maximum atomic E-state index is 12.6. The number of rotatable bonds is 37. The molecule has 0 amide bonds. The van der Waals surface area contributed by atoms with E-state index in [1.54, 1.807) is 0 Å². The number of carbonyl (C=O) groups is 2. The summed E-state index contributed by atoms with van der Waals surface area (Å²) in [4.78, 5) is 25.0. The lowest BCUT2D eigenvalue weighted by molar-refractivity contribution is -0.163. The van der Waals surface area contributed by atoms with Gasteiger partial charge in [-0.15, -0.1) is 0 Å². The summed E-state index contributed by atoms with van der Waals surface area (Å²) < 4.78 is 17.2. The molecule has 0 aliphatic carbocycles. The van der Waals surface area contributed by atoms with Crippen molar-refractivity contribution in [3.63, 3.8) is 0 Å². The van der Waals surface area contributed by atoms with Crippen molar-refractivity contribution in [2.75, 3.05) is 19.8 Å². The minimum Gasteiger partial charge on any atom is -0.462 e. The van der Waals surface area contributed by atoms with Gasteiger partial charge in [-0.2, -0.15) is 0 Å². The molecule has 5 nitrogen and oxygen atoms in total. The first-order valence-electron chi connectivity index (χ1n) is 20.8. The van der Waals surface area contributed by atoms with Gasteiger partial charge in [-0.3, -0.25) is 9.59 Å². The van der Waals surface area contributed by atoms with Crippen LogP contribution in [0.5, 0.6) is 0 Å². The van der Waals surface area contributed by atoms with Crippen molar-refractivity contribution >= 4 is 11.9 Å². The fourth-order valence-electron chi connectivity index (χ4n) is 5.42. The molecule has 0 aromatic rings. The van der Waals surface area contributed by atoms with E-state index in [1.165, 1.54) is 57.8 Å². The van der Waals surface area contributed by atoms with Gasteiger partial charge in [0.15, 0.2) is 6.10 Å². The van der Waals surface area contributed by atoms with Crippen molar-refractivity contribution in [2.24, 2.45) is 0 Å². The fraction of sp³-hybridized carbons (Fsp3) is 0.733. The first-order valence-corrected chi connectivity index (χ1v) is 20.8. The number of hydrogen-bond donors (Lipinski definition) is 0. The molecular weight excluding hydrogens is 620 g/mol. The third-order valence-electron chi connectivity index (χ3n) is 8.54. The summed E-state index contributed by atoms with van der Waals surface area (Å²) in [7, 11) is 0. The Morgan fingerprint density at radius 3 is 1.52 bits per heavy atom. The highest BCUT2D eigenvalue weighted by Crippen LogP contribution is 2.12. The van der Waals surface area contributed by atoms with Crippen LogP contribution in [-0.4, -0.2) is 37.9 Å². The molecule has 5 heteroatoms. The van der Waals surface area contributed by atoms with Gasteiger partial charge in [-0.25, -0.2) is 0 Å². The smallest absolute Gasteiger partial charge is 0.306 e. The Hall–Kier alpha value is -2.40. The zero-order valence-corrected chi connectivity index (χ0v) is 32.9. The lowest BCUT2D eigenvalue weighted by atomic mass is 10.1. The fourth-order valence-corrected chi connectivity index (χ4v) is 5.42. The van der Waals surface area contributed by atoms with Gasteiger partial charge in [0.1, 0.15) is 6.61 Å². The molecule has 0 spiro atoms. The normalized spacial score (nSPS) is 12.8. The van der Waals surface area contributed by atoms with Crippen molar-refractivity contribution in [1.29, 1.82) is 0 Å². The van der Waals surface area contributed by atoms with Gasteiger partial charge in [0.05, 0.1) is 6.61 Å². The van der Waals surface area contributed by atoms with Crippen LogP contribution < -0.4 is 0 Å². The molecule has 0 aliphatic rings. The van der Waals surface area contributed by atoms with Crippen LogP contribution >= 0.6 is 0 Å². The summed E-state index contributed by atoms with van der Waals surface area (Å²) in [5.74, 6) is -0.436. The minimum atomic E-state index is -0.550. The first kappa shape index (κ1) is 47.6. The molecular formula is C45H78O5. The van der Waals surface area contributed by atoms with E-state index in [4.69, 9.17) is 14.2 Å². The van der Waals surface area contributed by atoms with Crippen LogP contribution in [0.1, 0.15) is 188 Å². The van der Waals surface area contributed by atoms with Crippen LogP contribution in [0.3, 0.4) is 0 Å². The van der Waals surface area contributed by atoms with Crippen LogP contribution in [0.15, 0.2) is 60.8 Å². The van der Waals surface area contributed by atoms with E-state index >= 15 is 0 Å². The van der Waals surface area contributed by atoms with Crippen LogP contribution in [0.25, 0.3) is 0 Å². The van der Waals surface area contributed by atoms with E-state index < -0.39 is 6.10 Å². The second kappa shape index (κ2) is 41.0. The minimum absolute atomic E-state index is 0.0672. The second-order valence-corrected chi connectivity index (χ2v) is 13.5. The SMILES string of the molecule is CC/C=C\C/C=C\C/C=C\C/C=C\CCCCCOCC(COC(=O)CCCCCCC/C=C\CCCC)OC(=O)CCCCCCCCC. The topological polar surface area (TPSA) is 61.8 Å². The lowest BCUT2D eigenvalue weighted by Gasteiger charge is -2.18. The molecule has 1 unspecified atom stereocenters. The summed E-state index contributed by atoms with van der Waals surface area (Å²) in [6.07, 6.45) is 49.4. The molecule has 0 fully saturated rings. The van der Waals surface area contributed by atoms with Gasteiger partial charge in [-0.05, 0) is 77.0 Å². The standard InChI is InChI=1S/C45H78O5/c1-4-7-10-13-16-18-20-21-22-23-24-26-28-31-34-37-40-48-41-43(50-45(47)39-36-33-29-15-12-9-6-3)42-49-44(46)38-35-32-30-27-25-19-17-14-11-8-5-2/h7,10,14,16-18,21-22,24,26,43H,4-6,8-9,11-13,15,19-20,23,25,27-42H2,1-3H3/b10-7-,17-14-,18-16-,22-21-,26-24-. The molecule has 0 rings (SSSR count). The van der Waals surface area contributed by atoms with Gasteiger partial charge >= 0.3 is 11.9 Å². The van der Waals surface area contributed by atoms with E-state index in [9.17, 15) is 9.59 Å². The molecule has 0 aliphatic heterocycles. The number of hydrogen-bond acceptors (Lipinski definition) is 5. The Balaban J connectivity index is 4.25. The molecule has 50 heavy (non-hydrogen) atoms. The summed E-state index contributed by atoms with van der Waals surface area (Å²) in [6, 6.07) is 0. The molecule has 0 aromatic heterocycles. The van der Waals surface area contributed by atoms with E-state index in [-0.39, 0.29) is 25.2 Å². The van der Waals surface area contributed by atoms with Crippen molar-refractivity contribution < 1.29 is 23.8 Å². The lowest BCUT2D eigenvalue weighted by Crippen LogP contribution is -2.30. The number of esters is 2. The van der Waals surface area contributed by atoms with Gasteiger partial charge in [0.2, 0.25) is 0 Å². The van der Waals surface area contributed by atoms with E-state index in [0.29, 0.717) is 19.4 Å². The highest BCUT2D eigenvalue weighted by atomic mass is 16.6. The summed E-state index contributed by atoms with van der Waals surface area (Å²) in [6.45, 7) is 7.55. The van der Waals surface area contributed by atoms with E-state index in [1.807, 2.05) is 0 Å². The number of carbonyl (C=O) groups excluding carboxylic acids is 2. The Bertz CT molecular complexity index is 884. The van der Waals surface area contributed by atoms with E-state index in [2.05, 4.69) is 81.5 Å². The van der Waals surface area contributed by atoms with Gasteiger partial charge in [0.25, 0.3) is 0 Å². The predicted molar refractivity (Wildman–Crippen MR) is 214 cm³/mol. The Morgan fingerprint density at radius 1 is 0.460 bits per heavy atom. The largest absolute Gasteiger partial charge is 0.462 e. The molecule has 0 saturated carbocycles. The van der Waals surface area contributed by atoms with Gasteiger partial charge < -0.3 is 14.2 Å². The second-order valence-electron chi connectivity index (χ2n) is 13.5. The third kappa shape index (κ3) is 38.4. The summed E-state index contributed by atoms with van der Waals surface area (Å²) >= 11 is 0. The zero-order valence-electron chi connectivity index (χ0n) is 32.9. The predicted octanol–water partition coefficient (Wildman–Crippen LogP) is 13.4. The van der Waals surface area contributed by atoms with Crippen molar-refractivity contribution in [3.05, 3.63) is 60.8 Å². The molecule has 1 atom stereocenters. The monoisotopic (exact) mass is 699 g/mol. The number of ether oxygens (including phenoxy) is 3. The maximum Gasteiger partial charge on any atom is 0.306 e. The van der Waals surface area contributed by atoms with Gasteiger partial charge in [-0.1, -0.05) is 159 Å². The van der Waals surface area contributed by atoms with Crippen LogP contribution in [0.2, 0.25) is 0 Å². The first-order chi connectivity index (χ1) is 24.6. The Labute approximate surface area is 309 Å². The Morgan fingerprint density at radius 2 is 0.920 bits per heavy atom. The average Bonchev–Trinajstić information content (AvgIpc) is 3.11. The molecule has 288 valence electrons. The zero-order chi connectivity index (χ0) is 36.4. The number of allylic oxidation sites excluding steroid dienone is 10. The third-order valence-corrected chi connectivity index (χ3v) is 8.54. The summed E-state index contributed by atoms with van der Waals surface area (Å²) in [5.41, 5.74) is 0. The highest BCUT2D eigenvalue weighted by molar-refractivity contribution is 5.70. The molecule has 0 N–H and O–H groups in total. The molecule has 0 bridgehead atoms. The van der Waals surface area contributed by atoms with Crippen molar-refractivity contribution in [1.82, 2.24) is 0 Å². The maximum absolute atomic E-state index is 12.6. The molecule has 0 radical (unpaired) electrons. The summed E-state index contributed by atoms with van der Waals surface area (Å²) in [5, 5.41) is 0. The highest BCUT2D eigenvalue weighted by Gasteiger charge is 2.17. The van der Waals surface area contributed by atoms with Crippen LogP contribution in [0, 0.1) is 0 Å². The van der Waals surface area contributed by atoms with Crippen molar-refractivity contribution in [2.45, 2.75) is 194 Å². The quantitative estimate of drug-likeness (QED) is 0.0367. The van der Waals surface area contributed by atoms with Gasteiger partial charge in [0, 0.05) is 19.4 Å². The number of unbranched alkanes of at least 4 members (excludes halogenated alkanes) is 16. The van der Waals surface area contributed by atoms with E-state index in [0.717, 1.165) is 96.3 Å². The molecule has 0 saturated heterocycles. The molecule has 0 aromatic carbocycles. The van der Waals surface area contributed by atoms with Crippen LogP contribution in [-0.2, 0) is 23.8 Å². The van der Waals surface area contributed by atoms with Crippen LogP contribution in [0.4, 0.5) is 0 Å². The van der Waals surface area contributed by atoms with Crippen molar-refractivity contribution in [3.8, 4) is 0 Å². The average molecular weight is 699 g/mol. The molecule has 0 heterocycles.